The smallest absolute Gasteiger partial charge is 0.335 e. The molecule has 0 unspecified atom stereocenters. The Hall–Kier alpha value is -5.05. The largest absolute Gasteiger partial charge is 0.496 e. The Morgan fingerprint density at radius 3 is 2.13 bits per heavy atom. The number of carbonyl (C=O) groups is 5. The van der Waals surface area contributed by atoms with Crippen LogP contribution in [0.4, 0.5) is 10.5 Å². The third-order valence-corrected chi connectivity index (χ3v) is 6.67. The van der Waals surface area contributed by atoms with Gasteiger partial charge in [-0.25, -0.2) is 9.69 Å². The number of anilines is 1. The first-order chi connectivity index (χ1) is 18.2. The van der Waals surface area contributed by atoms with Gasteiger partial charge in [0.15, 0.2) is 0 Å². The minimum absolute atomic E-state index is 0.0695. The highest BCUT2D eigenvalue weighted by Gasteiger charge is 2.38. The number of urea groups is 1. The zero-order chi connectivity index (χ0) is 27.1. The zero-order valence-electron chi connectivity index (χ0n) is 20.9. The van der Waals surface area contributed by atoms with Crippen LogP contribution in [0.3, 0.4) is 0 Å². The van der Waals surface area contributed by atoms with Crippen LogP contribution in [0, 0.1) is 13.8 Å². The fourth-order valence-electron chi connectivity index (χ4n) is 4.49. The van der Waals surface area contributed by atoms with Gasteiger partial charge in [0.2, 0.25) is 0 Å². The summed E-state index contributed by atoms with van der Waals surface area (Å²) in [5.74, 6) is -1.99. The number of benzene rings is 3. The van der Waals surface area contributed by atoms with Gasteiger partial charge >= 0.3 is 6.03 Å². The lowest BCUT2D eigenvalue weighted by Crippen LogP contribution is -2.54. The van der Waals surface area contributed by atoms with E-state index in [2.05, 4.69) is 5.32 Å². The molecule has 0 saturated carbocycles. The standard InChI is InChI=1S/C29H23N3O6/c1-16-8-10-20(12-17(16)2)32-28(36)23(25(33)30-29(32)37)14-18-9-11-24(38-3)19(13-18)15-31-26(34)21-6-4-5-7-22(21)27(31)35/h4-14H,15H2,1-3H3,(H,30,33,37). The zero-order valence-corrected chi connectivity index (χ0v) is 20.9. The minimum atomic E-state index is -0.832. The lowest BCUT2D eigenvalue weighted by atomic mass is 10.0. The molecular formula is C29H23N3O6. The molecule has 38 heavy (non-hydrogen) atoms. The number of amides is 6. The van der Waals surface area contributed by atoms with E-state index in [0.717, 1.165) is 20.9 Å². The monoisotopic (exact) mass is 509 g/mol. The van der Waals surface area contributed by atoms with Crippen LogP contribution in [-0.2, 0) is 16.1 Å². The van der Waals surface area contributed by atoms with E-state index in [9.17, 15) is 24.0 Å². The van der Waals surface area contributed by atoms with Gasteiger partial charge in [-0.3, -0.25) is 29.4 Å². The molecule has 2 heterocycles. The fraction of sp³-hybridized carbons (Fsp3) is 0.138. The summed E-state index contributed by atoms with van der Waals surface area (Å²) in [7, 11) is 1.46. The van der Waals surface area contributed by atoms with Gasteiger partial charge in [-0.1, -0.05) is 24.3 Å². The first-order valence-electron chi connectivity index (χ1n) is 11.8. The second kappa shape index (κ2) is 9.44. The molecule has 0 aromatic heterocycles. The second-order valence-corrected chi connectivity index (χ2v) is 9.04. The number of nitrogens with zero attached hydrogens (tertiary/aromatic N) is 2. The molecule has 0 spiro atoms. The van der Waals surface area contributed by atoms with Gasteiger partial charge in [0, 0.05) is 5.56 Å². The summed E-state index contributed by atoms with van der Waals surface area (Å²) < 4.78 is 5.43. The predicted octanol–water partition coefficient (Wildman–Crippen LogP) is 3.77. The van der Waals surface area contributed by atoms with Crippen LogP contribution in [-0.4, -0.2) is 41.7 Å². The van der Waals surface area contributed by atoms with Crippen molar-refractivity contribution in [1.82, 2.24) is 10.2 Å². The first-order valence-corrected chi connectivity index (χ1v) is 11.8. The van der Waals surface area contributed by atoms with Crippen molar-refractivity contribution in [3.63, 3.8) is 0 Å². The summed E-state index contributed by atoms with van der Waals surface area (Å²) in [5, 5.41) is 2.22. The number of fused-ring (bicyclic) bond motifs is 1. The van der Waals surface area contributed by atoms with Crippen molar-refractivity contribution >= 4 is 41.4 Å². The molecule has 1 fully saturated rings. The number of hydrogen-bond acceptors (Lipinski definition) is 6. The number of ether oxygens (including phenoxy) is 1. The van der Waals surface area contributed by atoms with E-state index in [0.29, 0.717) is 33.7 Å². The van der Waals surface area contributed by atoms with E-state index >= 15 is 0 Å². The highest BCUT2D eigenvalue weighted by atomic mass is 16.5. The van der Waals surface area contributed by atoms with Crippen LogP contribution in [0.1, 0.15) is 43.0 Å². The molecular weight excluding hydrogens is 486 g/mol. The van der Waals surface area contributed by atoms with Crippen molar-refractivity contribution in [3.8, 4) is 5.75 Å². The van der Waals surface area contributed by atoms with Crippen molar-refractivity contribution in [2.75, 3.05) is 12.0 Å². The van der Waals surface area contributed by atoms with Gasteiger partial charge in [-0.15, -0.1) is 0 Å². The molecule has 3 aromatic carbocycles. The molecule has 6 amide bonds. The maximum atomic E-state index is 13.3. The van der Waals surface area contributed by atoms with E-state index in [-0.39, 0.29) is 12.1 Å². The quantitative estimate of drug-likeness (QED) is 0.318. The normalized spacial score (nSPS) is 16.3. The average molecular weight is 510 g/mol. The predicted molar refractivity (Wildman–Crippen MR) is 139 cm³/mol. The average Bonchev–Trinajstić information content (AvgIpc) is 3.13. The van der Waals surface area contributed by atoms with Crippen molar-refractivity contribution in [2.45, 2.75) is 20.4 Å². The number of nitrogens with one attached hydrogen (secondary N) is 1. The highest BCUT2D eigenvalue weighted by Crippen LogP contribution is 2.29. The van der Waals surface area contributed by atoms with Crippen LogP contribution in [0.5, 0.6) is 5.75 Å². The summed E-state index contributed by atoms with van der Waals surface area (Å²) in [4.78, 5) is 66.3. The van der Waals surface area contributed by atoms with E-state index in [4.69, 9.17) is 4.74 Å². The topological polar surface area (TPSA) is 113 Å². The number of rotatable bonds is 5. The fourth-order valence-corrected chi connectivity index (χ4v) is 4.49. The molecule has 190 valence electrons. The molecule has 0 bridgehead atoms. The number of hydrogen-bond donors (Lipinski definition) is 1. The molecule has 2 aliphatic heterocycles. The van der Waals surface area contributed by atoms with Crippen LogP contribution in [0.15, 0.2) is 66.2 Å². The van der Waals surface area contributed by atoms with Gasteiger partial charge in [-0.05, 0) is 73.0 Å². The number of carbonyl (C=O) groups excluding carboxylic acids is 5. The molecule has 1 saturated heterocycles. The molecule has 9 heteroatoms. The molecule has 0 radical (unpaired) electrons. The summed E-state index contributed by atoms with van der Waals surface area (Å²) >= 11 is 0. The Labute approximate surface area is 218 Å². The van der Waals surface area contributed by atoms with Gasteiger partial charge in [0.05, 0.1) is 30.5 Å². The number of imide groups is 3. The Morgan fingerprint density at radius 1 is 0.816 bits per heavy atom. The van der Waals surface area contributed by atoms with E-state index in [1.807, 2.05) is 13.8 Å². The lowest BCUT2D eigenvalue weighted by Gasteiger charge is -2.27. The van der Waals surface area contributed by atoms with Crippen molar-refractivity contribution < 1.29 is 28.7 Å². The summed E-state index contributed by atoms with van der Waals surface area (Å²) in [6, 6.07) is 15.8. The summed E-state index contributed by atoms with van der Waals surface area (Å²) in [5.41, 5.74) is 3.60. The summed E-state index contributed by atoms with van der Waals surface area (Å²) in [6.45, 7) is 3.70. The third kappa shape index (κ3) is 4.13. The van der Waals surface area contributed by atoms with E-state index in [1.165, 1.54) is 13.2 Å². The van der Waals surface area contributed by atoms with Crippen LogP contribution in [0.25, 0.3) is 6.08 Å². The molecule has 3 aromatic rings. The molecule has 9 nitrogen and oxygen atoms in total. The second-order valence-electron chi connectivity index (χ2n) is 9.04. The van der Waals surface area contributed by atoms with E-state index < -0.39 is 29.7 Å². The Morgan fingerprint density at radius 2 is 1.50 bits per heavy atom. The highest BCUT2D eigenvalue weighted by molar-refractivity contribution is 6.39. The number of methoxy groups -OCH3 is 1. The van der Waals surface area contributed by atoms with Gasteiger partial charge < -0.3 is 4.74 Å². The number of barbiturate groups is 1. The molecule has 0 aliphatic carbocycles. The van der Waals surface area contributed by atoms with Crippen LogP contribution in [0.2, 0.25) is 0 Å². The lowest BCUT2D eigenvalue weighted by molar-refractivity contribution is -0.122. The maximum absolute atomic E-state index is 13.3. The van der Waals surface area contributed by atoms with Crippen LogP contribution >= 0.6 is 0 Å². The van der Waals surface area contributed by atoms with Gasteiger partial charge in [-0.2, -0.15) is 0 Å². The molecule has 2 aliphatic rings. The van der Waals surface area contributed by atoms with Crippen molar-refractivity contribution in [3.05, 3.63) is 99.6 Å². The Bertz CT molecular complexity index is 1550. The maximum Gasteiger partial charge on any atom is 0.335 e. The summed E-state index contributed by atoms with van der Waals surface area (Å²) in [6.07, 6.45) is 1.36. The van der Waals surface area contributed by atoms with Gasteiger partial charge in [0.25, 0.3) is 23.6 Å². The van der Waals surface area contributed by atoms with Gasteiger partial charge in [0.1, 0.15) is 11.3 Å². The Kier molecular flexibility index (Phi) is 6.12. The van der Waals surface area contributed by atoms with E-state index in [1.54, 1.807) is 60.7 Å². The van der Waals surface area contributed by atoms with Crippen LogP contribution < -0.4 is 15.0 Å². The van der Waals surface area contributed by atoms with Crippen molar-refractivity contribution in [2.24, 2.45) is 0 Å². The molecule has 0 atom stereocenters. The molecule has 5 rings (SSSR count). The molecule has 1 N–H and O–H groups in total. The first kappa shape index (κ1) is 24.6. The third-order valence-electron chi connectivity index (χ3n) is 6.67. The Balaban J connectivity index is 1.48. The SMILES string of the molecule is COc1ccc(C=C2C(=O)NC(=O)N(c3ccc(C)c(C)c3)C2=O)cc1CN1C(=O)c2ccccc2C1=O. The number of aryl methyl sites for hydroxylation is 2. The van der Waals surface area contributed by atoms with Crippen molar-refractivity contribution in [1.29, 1.82) is 0 Å². The minimum Gasteiger partial charge on any atom is -0.496 e.